The van der Waals surface area contributed by atoms with E-state index < -0.39 is 12.5 Å². The Bertz CT molecular complexity index is 415. The maximum absolute atomic E-state index is 12.0. The second-order valence-corrected chi connectivity index (χ2v) is 4.65. The molecule has 1 saturated carbocycles. The van der Waals surface area contributed by atoms with Crippen LogP contribution in [0.4, 0.5) is 19.0 Å². The van der Waals surface area contributed by atoms with Gasteiger partial charge in [0.05, 0.1) is 6.10 Å². The maximum Gasteiger partial charge on any atom is 0.522 e. The highest BCUT2D eigenvalue weighted by Crippen LogP contribution is 2.34. The summed E-state index contributed by atoms with van der Waals surface area (Å²) in [6.07, 6.45) is -2.90. The van der Waals surface area contributed by atoms with Crippen molar-refractivity contribution in [3.05, 3.63) is 23.9 Å². The molecule has 0 aliphatic heterocycles. The average molecular weight is 275 g/mol. The zero-order valence-electron chi connectivity index (χ0n) is 10.5. The Morgan fingerprint density at radius 1 is 1.42 bits per heavy atom. The summed E-state index contributed by atoms with van der Waals surface area (Å²) in [6.45, 7) is 0.419. The van der Waals surface area contributed by atoms with Gasteiger partial charge in [0, 0.05) is 25.8 Å². The molecule has 7 heteroatoms. The smallest absolute Gasteiger partial charge is 0.357 e. The molecule has 0 aromatic carbocycles. The Labute approximate surface area is 109 Å². The SMILES string of the molecule is CN(c1ccc(CN)cn1)C1CC(OC(F)(F)F)C1. The summed E-state index contributed by atoms with van der Waals surface area (Å²) in [5, 5.41) is 0. The first-order valence-corrected chi connectivity index (χ1v) is 6.01. The van der Waals surface area contributed by atoms with Crippen molar-refractivity contribution in [3.63, 3.8) is 0 Å². The molecule has 1 aromatic heterocycles. The van der Waals surface area contributed by atoms with Crippen LogP contribution in [0.5, 0.6) is 0 Å². The van der Waals surface area contributed by atoms with E-state index in [-0.39, 0.29) is 6.04 Å². The summed E-state index contributed by atoms with van der Waals surface area (Å²) in [4.78, 5) is 6.11. The number of pyridine rings is 1. The number of ether oxygens (including phenoxy) is 1. The Hall–Kier alpha value is -1.34. The minimum Gasteiger partial charge on any atom is -0.357 e. The third kappa shape index (κ3) is 3.57. The lowest BCUT2D eigenvalue weighted by molar-refractivity contribution is -0.351. The molecule has 0 unspecified atom stereocenters. The number of hydrogen-bond donors (Lipinski definition) is 1. The number of rotatable bonds is 4. The monoisotopic (exact) mass is 275 g/mol. The van der Waals surface area contributed by atoms with Crippen LogP contribution >= 0.6 is 0 Å². The number of alkyl halides is 3. The van der Waals surface area contributed by atoms with Gasteiger partial charge in [-0.15, -0.1) is 13.2 Å². The van der Waals surface area contributed by atoms with Crippen molar-refractivity contribution < 1.29 is 17.9 Å². The lowest BCUT2D eigenvalue weighted by atomic mass is 9.88. The third-order valence-corrected chi connectivity index (χ3v) is 3.32. The van der Waals surface area contributed by atoms with E-state index in [9.17, 15) is 13.2 Å². The minimum atomic E-state index is -4.55. The van der Waals surface area contributed by atoms with Crippen LogP contribution in [-0.2, 0) is 11.3 Å². The van der Waals surface area contributed by atoms with Gasteiger partial charge in [-0.05, 0) is 24.5 Å². The minimum absolute atomic E-state index is 0.0311. The molecule has 0 saturated heterocycles. The molecule has 4 nitrogen and oxygen atoms in total. The molecule has 2 rings (SSSR count). The van der Waals surface area contributed by atoms with Crippen LogP contribution in [0.25, 0.3) is 0 Å². The van der Waals surface area contributed by atoms with Gasteiger partial charge in [0.25, 0.3) is 0 Å². The molecule has 1 aromatic rings. The van der Waals surface area contributed by atoms with Gasteiger partial charge in [0.15, 0.2) is 0 Å². The number of anilines is 1. The number of aromatic nitrogens is 1. The van der Waals surface area contributed by atoms with Gasteiger partial charge >= 0.3 is 6.36 Å². The fourth-order valence-corrected chi connectivity index (χ4v) is 2.07. The first-order valence-electron chi connectivity index (χ1n) is 6.01. The normalized spacial score (nSPS) is 23.0. The van der Waals surface area contributed by atoms with Crippen LogP contribution in [-0.4, -0.2) is 30.5 Å². The second-order valence-electron chi connectivity index (χ2n) is 4.65. The first-order chi connectivity index (χ1) is 8.89. The zero-order valence-corrected chi connectivity index (χ0v) is 10.5. The van der Waals surface area contributed by atoms with E-state index in [2.05, 4.69) is 9.72 Å². The summed E-state index contributed by atoms with van der Waals surface area (Å²) < 4.78 is 40.0. The van der Waals surface area contributed by atoms with Gasteiger partial charge in [-0.25, -0.2) is 4.98 Å². The van der Waals surface area contributed by atoms with Crippen molar-refractivity contribution in [1.29, 1.82) is 0 Å². The number of nitrogens with two attached hydrogens (primary N) is 1. The lowest BCUT2D eigenvalue weighted by Crippen LogP contribution is -2.48. The topological polar surface area (TPSA) is 51.4 Å². The predicted molar refractivity (Wildman–Crippen MR) is 64.5 cm³/mol. The molecular weight excluding hydrogens is 259 g/mol. The standard InChI is InChI=1S/C12H16F3N3O/c1-18(11-3-2-8(6-16)7-17-11)9-4-10(5-9)19-12(13,14)15/h2-3,7,9-10H,4-6,16H2,1H3. The molecule has 0 spiro atoms. The zero-order chi connectivity index (χ0) is 14.0. The van der Waals surface area contributed by atoms with Gasteiger partial charge in [-0.3, -0.25) is 4.74 Å². The molecule has 0 amide bonds. The van der Waals surface area contributed by atoms with E-state index in [0.717, 1.165) is 11.4 Å². The lowest BCUT2D eigenvalue weighted by Gasteiger charge is -2.41. The van der Waals surface area contributed by atoms with E-state index in [4.69, 9.17) is 5.73 Å². The summed E-state index contributed by atoms with van der Waals surface area (Å²) in [7, 11) is 1.82. The van der Waals surface area contributed by atoms with E-state index >= 15 is 0 Å². The molecule has 0 radical (unpaired) electrons. The highest BCUT2D eigenvalue weighted by atomic mass is 19.4. The van der Waals surface area contributed by atoms with Crippen molar-refractivity contribution in [2.75, 3.05) is 11.9 Å². The summed E-state index contributed by atoms with van der Waals surface area (Å²) >= 11 is 0. The molecule has 1 aliphatic carbocycles. The first kappa shape index (κ1) is 14.1. The largest absolute Gasteiger partial charge is 0.522 e. The van der Waals surface area contributed by atoms with Crippen LogP contribution in [0.2, 0.25) is 0 Å². The Kier molecular flexibility index (Phi) is 3.96. The summed E-state index contributed by atoms with van der Waals surface area (Å²) in [6, 6.07) is 3.71. The molecule has 0 bridgehead atoms. The Morgan fingerprint density at radius 2 is 2.11 bits per heavy atom. The molecule has 1 fully saturated rings. The summed E-state index contributed by atoms with van der Waals surface area (Å²) in [5.41, 5.74) is 6.39. The van der Waals surface area contributed by atoms with E-state index in [1.54, 1.807) is 6.20 Å². The fourth-order valence-electron chi connectivity index (χ4n) is 2.07. The fraction of sp³-hybridized carbons (Fsp3) is 0.583. The molecule has 2 N–H and O–H groups in total. The molecule has 1 aliphatic rings. The van der Waals surface area contributed by atoms with Crippen molar-refractivity contribution in [2.45, 2.75) is 37.9 Å². The second kappa shape index (κ2) is 5.34. The molecule has 0 atom stereocenters. The maximum atomic E-state index is 12.0. The van der Waals surface area contributed by atoms with Crippen LogP contribution in [0, 0.1) is 0 Å². The van der Waals surface area contributed by atoms with Crippen molar-refractivity contribution in [1.82, 2.24) is 4.98 Å². The number of halogens is 3. The molecule has 1 heterocycles. The third-order valence-electron chi connectivity index (χ3n) is 3.32. The molecule has 106 valence electrons. The highest BCUT2D eigenvalue weighted by Gasteiger charge is 2.41. The van der Waals surface area contributed by atoms with Gasteiger partial charge in [0.2, 0.25) is 0 Å². The van der Waals surface area contributed by atoms with Crippen molar-refractivity contribution in [2.24, 2.45) is 5.73 Å². The molecular formula is C12H16F3N3O. The highest BCUT2D eigenvalue weighted by molar-refractivity contribution is 5.40. The average Bonchev–Trinajstić information content (AvgIpc) is 2.31. The van der Waals surface area contributed by atoms with Gasteiger partial charge < -0.3 is 10.6 Å². The van der Waals surface area contributed by atoms with Crippen LogP contribution in [0.1, 0.15) is 18.4 Å². The van der Waals surface area contributed by atoms with Gasteiger partial charge in [-0.1, -0.05) is 6.07 Å². The van der Waals surface area contributed by atoms with Crippen LogP contribution < -0.4 is 10.6 Å². The van der Waals surface area contributed by atoms with E-state index in [1.165, 1.54) is 0 Å². The predicted octanol–water partition coefficient (Wildman–Crippen LogP) is 2.04. The van der Waals surface area contributed by atoms with E-state index in [1.807, 2.05) is 24.1 Å². The quantitative estimate of drug-likeness (QED) is 0.913. The van der Waals surface area contributed by atoms with Crippen LogP contribution in [0.15, 0.2) is 18.3 Å². The van der Waals surface area contributed by atoms with Crippen molar-refractivity contribution in [3.8, 4) is 0 Å². The molecule has 19 heavy (non-hydrogen) atoms. The van der Waals surface area contributed by atoms with Gasteiger partial charge in [-0.2, -0.15) is 0 Å². The van der Waals surface area contributed by atoms with Crippen LogP contribution in [0.3, 0.4) is 0 Å². The Morgan fingerprint density at radius 3 is 2.58 bits per heavy atom. The number of nitrogens with zero attached hydrogens (tertiary/aromatic N) is 2. The Balaban J connectivity index is 1.87. The summed E-state index contributed by atoms with van der Waals surface area (Å²) in [5.74, 6) is 0.729. The number of hydrogen-bond acceptors (Lipinski definition) is 4. The van der Waals surface area contributed by atoms with E-state index in [0.29, 0.717) is 19.4 Å². The van der Waals surface area contributed by atoms with Gasteiger partial charge in [0.1, 0.15) is 5.82 Å². The van der Waals surface area contributed by atoms with Crippen molar-refractivity contribution >= 4 is 5.82 Å².